The second-order valence-electron chi connectivity index (χ2n) is 3.87. The topological polar surface area (TPSA) is 29.1 Å². The Balaban J connectivity index is 2.67. The van der Waals surface area contributed by atoms with Gasteiger partial charge in [-0.3, -0.25) is 4.79 Å². The number of rotatable bonds is 5. The monoisotopic (exact) mass is 237 g/mol. The van der Waals surface area contributed by atoms with Crippen LogP contribution in [0.25, 0.3) is 0 Å². The van der Waals surface area contributed by atoms with E-state index in [1.807, 2.05) is 6.26 Å². The number of carbonyl (C=O) groups excluding carboxylic acids is 1. The third-order valence-electron chi connectivity index (χ3n) is 2.50. The molecule has 1 atom stereocenters. The Hall–Kier alpha value is -0.960. The molecule has 0 aliphatic carbocycles. The maximum atomic E-state index is 11.5. The van der Waals surface area contributed by atoms with Gasteiger partial charge >= 0.3 is 0 Å². The Labute approximate surface area is 102 Å². The lowest BCUT2D eigenvalue weighted by atomic mass is 10.0. The van der Waals surface area contributed by atoms with Gasteiger partial charge in [-0.2, -0.15) is 11.8 Å². The average molecular weight is 237 g/mol. The molecule has 0 saturated heterocycles. The molecule has 1 unspecified atom stereocenters. The first-order valence-electron chi connectivity index (χ1n) is 5.52. The van der Waals surface area contributed by atoms with E-state index in [4.69, 9.17) is 0 Å². The highest BCUT2D eigenvalue weighted by molar-refractivity contribution is 7.99. The Morgan fingerprint density at radius 1 is 1.38 bits per heavy atom. The van der Waals surface area contributed by atoms with Crippen LogP contribution >= 0.6 is 11.8 Å². The zero-order valence-electron chi connectivity index (χ0n) is 10.1. The molecule has 0 saturated carbocycles. The van der Waals surface area contributed by atoms with Crippen LogP contribution in [-0.4, -0.2) is 17.9 Å². The normalized spacial score (nSPS) is 12.2. The largest absolute Gasteiger partial charge is 0.349 e. The van der Waals surface area contributed by atoms with Crippen molar-refractivity contribution >= 4 is 17.7 Å². The van der Waals surface area contributed by atoms with Gasteiger partial charge < -0.3 is 5.32 Å². The van der Waals surface area contributed by atoms with Gasteiger partial charge in [-0.25, -0.2) is 0 Å². The summed E-state index contributed by atoms with van der Waals surface area (Å²) in [5, 5.41) is 3.04. The van der Waals surface area contributed by atoms with Crippen LogP contribution in [0.2, 0.25) is 0 Å². The second-order valence-corrected chi connectivity index (χ2v) is 4.74. The van der Waals surface area contributed by atoms with Crippen LogP contribution in [-0.2, 0) is 4.79 Å². The van der Waals surface area contributed by atoms with Gasteiger partial charge in [0.25, 0.3) is 0 Å². The summed E-state index contributed by atoms with van der Waals surface area (Å²) in [5.74, 6) is 0.641. The van der Waals surface area contributed by atoms with E-state index in [0.717, 1.165) is 6.42 Å². The minimum Gasteiger partial charge on any atom is -0.349 e. The summed E-state index contributed by atoms with van der Waals surface area (Å²) >= 11 is 1.55. The molecule has 0 fully saturated rings. The number of hydrogen-bond donors (Lipinski definition) is 1. The van der Waals surface area contributed by atoms with Crippen molar-refractivity contribution in [1.82, 2.24) is 5.32 Å². The van der Waals surface area contributed by atoms with Crippen LogP contribution in [0.3, 0.4) is 0 Å². The van der Waals surface area contributed by atoms with Crippen molar-refractivity contribution in [2.45, 2.75) is 26.3 Å². The summed E-state index contributed by atoms with van der Waals surface area (Å²) in [6.45, 7) is 4.15. The molecule has 0 aromatic heterocycles. The van der Waals surface area contributed by atoms with Gasteiger partial charge in [0.05, 0.1) is 11.8 Å². The Morgan fingerprint density at radius 2 is 2.00 bits per heavy atom. The van der Waals surface area contributed by atoms with Gasteiger partial charge in [0, 0.05) is 0 Å². The molecule has 1 aromatic carbocycles. The van der Waals surface area contributed by atoms with Crippen molar-refractivity contribution in [3.05, 3.63) is 35.4 Å². The minimum atomic E-state index is 0.111. The van der Waals surface area contributed by atoms with Crippen molar-refractivity contribution in [3.63, 3.8) is 0 Å². The van der Waals surface area contributed by atoms with Gasteiger partial charge in [-0.15, -0.1) is 0 Å². The molecule has 0 spiro atoms. The third kappa shape index (κ3) is 3.89. The predicted molar refractivity (Wildman–Crippen MR) is 70.7 cm³/mol. The van der Waals surface area contributed by atoms with E-state index in [9.17, 15) is 4.79 Å². The van der Waals surface area contributed by atoms with Crippen molar-refractivity contribution in [2.75, 3.05) is 12.0 Å². The van der Waals surface area contributed by atoms with Gasteiger partial charge in [-0.05, 0) is 25.2 Å². The van der Waals surface area contributed by atoms with E-state index >= 15 is 0 Å². The number of nitrogens with one attached hydrogen (secondary N) is 1. The highest BCUT2D eigenvalue weighted by atomic mass is 32.2. The van der Waals surface area contributed by atoms with E-state index in [0.29, 0.717) is 5.75 Å². The van der Waals surface area contributed by atoms with Gasteiger partial charge in [0.15, 0.2) is 0 Å². The number of hydrogen-bond acceptors (Lipinski definition) is 2. The molecule has 1 aromatic rings. The van der Waals surface area contributed by atoms with Crippen LogP contribution in [0.4, 0.5) is 0 Å². The summed E-state index contributed by atoms with van der Waals surface area (Å²) in [5.41, 5.74) is 2.43. The maximum absolute atomic E-state index is 11.5. The standard InChI is InChI=1S/C13H19NOS/c1-4-12(14-13(15)9-16-3)11-7-5-10(2)6-8-11/h5-8,12H,4,9H2,1-3H3,(H,14,15). The molecule has 0 heterocycles. The van der Waals surface area contributed by atoms with E-state index < -0.39 is 0 Å². The van der Waals surface area contributed by atoms with E-state index in [1.165, 1.54) is 11.1 Å². The predicted octanol–water partition coefficient (Wildman–Crippen LogP) is 2.93. The number of benzene rings is 1. The first-order chi connectivity index (χ1) is 7.67. The Morgan fingerprint density at radius 3 is 2.50 bits per heavy atom. The fraction of sp³-hybridized carbons (Fsp3) is 0.462. The first kappa shape index (κ1) is 13.1. The zero-order valence-corrected chi connectivity index (χ0v) is 10.9. The summed E-state index contributed by atoms with van der Waals surface area (Å²) in [4.78, 5) is 11.5. The maximum Gasteiger partial charge on any atom is 0.230 e. The molecule has 0 bridgehead atoms. The quantitative estimate of drug-likeness (QED) is 0.853. The van der Waals surface area contributed by atoms with Crippen LogP contribution in [0.1, 0.15) is 30.5 Å². The Bertz CT molecular complexity index is 334. The molecular weight excluding hydrogens is 218 g/mol. The lowest BCUT2D eigenvalue weighted by molar-refractivity contribution is -0.119. The van der Waals surface area contributed by atoms with E-state index in [-0.39, 0.29) is 11.9 Å². The second kappa shape index (κ2) is 6.59. The van der Waals surface area contributed by atoms with Crippen molar-refractivity contribution in [2.24, 2.45) is 0 Å². The van der Waals surface area contributed by atoms with E-state index in [2.05, 4.69) is 43.4 Å². The highest BCUT2D eigenvalue weighted by Gasteiger charge is 2.11. The fourth-order valence-corrected chi connectivity index (χ4v) is 1.93. The molecule has 0 radical (unpaired) electrons. The summed E-state index contributed by atoms with van der Waals surface area (Å²) < 4.78 is 0. The van der Waals surface area contributed by atoms with Crippen molar-refractivity contribution in [3.8, 4) is 0 Å². The lowest BCUT2D eigenvalue weighted by Gasteiger charge is -2.17. The molecular formula is C13H19NOS. The number of carbonyl (C=O) groups is 1. The van der Waals surface area contributed by atoms with Crippen LogP contribution in [0.15, 0.2) is 24.3 Å². The number of thioether (sulfide) groups is 1. The number of aryl methyl sites for hydroxylation is 1. The SMILES string of the molecule is CCC(NC(=O)CSC)c1ccc(C)cc1. The van der Waals surface area contributed by atoms with Crippen molar-refractivity contribution < 1.29 is 4.79 Å². The molecule has 88 valence electrons. The summed E-state index contributed by atoms with van der Waals surface area (Å²) in [6.07, 6.45) is 2.86. The molecule has 0 aliphatic heterocycles. The Kier molecular flexibility index (Phi) is 5.39. The third-order valence-corrected chi connectivity index (χ3v) is 3.05. The minimum absolute atomic E-state index is 0.111. The van der Waals surface area contributed by atoms with Crippen LogP contribution in [0, 0.1) is 6.92 Å². The first-order valence-corrected chi connectivity index (χ1v) is 6.91. The lowest BCUT2D eigenvalue weighted by Crippen LogP contribution is -2.29. The number of amides is 1. The van der Waals surface area contributed by atoms with Gasteiger partial charge in [-0.1, -0.05) is 36.8 Å². The average Bonchev–Trinajstić information content (AvgIpc) is 2.27. The molecule has 1 amide bonds. The van der Waals surface area contributed by atoms with Crippen LogP contribution in [0.5, 0.6) is 0 Å². The van der Waals surface area contributed by atoms with E-state index in [1.54, 1.807) is 11.8 Å². The highest BCUT2D eigenvalue weighted by Crippen LogP contribution is 2.17. The molecule has 0 aliphatic rings. The van der Waals surface area contributed by atoms with Crippen molar-refractivity contribution in [1.29, 1.82) is 0 Å². The smallest absolute Gasteiger partial charge is 0.230 e. The summed E-state index contributed by atoms with van der Waals surface area (Å²) in [6, 6.07) is 8.48. The molecule has 3 heteroatoms. The van der Waals surface area contributed by atoms with Gasteiger partial charge in [0.2, 0.25) is 5.91 Å². The van der Waals surface area contributed by atoms with Gasteiger partial charge in [0.1, 0.15) is 0 Å². The van der Waals surface area contributed by atoms with Crippen LogP contribution < -0.4 is 5.32 Å². The molecule has 1 rings (SSSR count). The zero-order chi connectivity index (χ0) is 12.0. The molecule has 16 heavy (non-hydrogen) atoms. The summed E-state index contributed by atoms with van der Waals surface area (Å²) in [7, 11) is 0. The molecule has 2 nitrogen and oxygen atoms in total. The fourth-order valence-electron chi connectivity index (χ4n) is 1.59. The molecule has 1 N–H and O–H groups in total.